The minimum absolute atomic E-state index is 0.611. The van der Waals surface area contributed by atoms with E-state index in [-0.39, 0.29) is 0 Å². The van der Waals surface area contributed by atoms with E-state index in [1.807, 2.05) is 0 Å². The summed E-state index contributed by atoms with van der Waals surface area (Å²) in [6, 6.07) is 0. The summed E-state index contributed by atoms with van der Waals surface area (Å²) in [6.07, 6.45) is 7.19. The van der Waals surface area contributed by atoms with Crippen molar-refractivity contribution in [1.29, 1.82) is 0 Å². The molecule has 0 saturated carbocycles. The van der Waals surface area contributed by atoms with Crippen molar-refractivity contribution in [2.45, 2.75) is 0 Å². The maximum absolute atomic E-state index is 9.06. The molecule has 1 aromatic rings. The molecule has 0 aliphatic carbocycles. The van der Waals surface area contributed by atoms with Crippen molar-refractivity contribution in [3.8, 4) is 0 Å². The molecule has 0 atom stereocenters. The van der Waals surface area contributed by atoms with Crippen LogP contribution < -0.4 is 0 Å². The largest absolute Gasteiger partial charge is 0.262 e. The van der Waals surface area contributed by atoms with E-state index in [1.165, 1.54) is 0 Å². The second kappa shape index (κ2) is 6.34. The first-order valence-corrected chi connectivity index (χ1v) is 2.73. The Kier molecular flexibility index (Phi) is 5.32. The van der Waals surface area contributed by atoms with Crippen LogP contribution in [0.3, 0.4) is 0 Å². The molecule has 0 amide bonds. The van der Waals surface area contributed by atoms with Crippen molar-refractivity contribution in [3.63, 3.8) is 0 Å². The van der Waals surface area contributed by atoms with Crippen LogP contribution in [0.4, 0.5) is 0 Å². The number of nitrogens with zero attached hydrogens (tertiary/aromatic N) is 3. The fourth-order valence-electron chi connectivity index (χ4n) is 0.253. The average molecular weight is 153 g/mol. The zero-order valence-electron chi connectivity index (χ0n) is 5.75. The molecule has 0 radical (unpaired) electrons. The molecule has 0 unspecified atom stereocenters. The molecule has 0 N–H and O–H groups in total. The number of hydrogen-bond donors (Lipinski definition) is 0. The summed E-state index contributed by atoms with van der Waals surface area (Å²) in [7, 11) is 0. The topological polar surface area (TPSA) is 68.9 Å². The molecule has 0 bridgehead atoms. The van der Waals surface area contributed by atoms with Gasteiger partial charge in [0, 0.05) is 24.8 Å². The number of rotatable bonds is 1. The Morgan fingerprint density at radius 3 is 1.64 bits per heavy atom. The van der Waals surface area contributed by atoms with Crippen molar-refractivity contribution in [2.75, 3.05) is 0 Å². The van der Waals surface area contributed by atoms with Gasteiger partial charge >= 0.3 is 0 Å². The molecule has 0 aromatic carbocycles. The maximum Gasteiger partial charge on any atom is 0.227 e. The predicted molar refractivity (Wildman–Crippen MR) is 39.2 cm³/mol. The number of aromatic nitrogens is 2. The molecule has 11 heavy (non-hydrogen) atoms. The lowest BCUT2D eigenvalue weighted by Crippen LogP contribution is -1.77. The van der Waals surface area contributed by atoms with E-state index in [0.29, 0.717) is 6.20 Å². The Labute approximate surface area is 63.6 Å². The van der Waals surface area contributed by atoms with Gasteiger partial charge in [-0.15, -0.1) is 0 Å². The van der Waals surface area contributed by atoms with Gasteiger partial charge in [0.15, 0.2) is 0 Å². The van der Waals surface area contributed by atoms with E-state index in [2.05, 4.69) is 16.5 Å². The summed E-state index contributed by atoms with van der Waals surface area (Å²) in [6.45, 7) is 2.86. The molecule has 0 aliphatic rings. The first-order valence-electron chi connectivity index (χ1n) is 2.73. The number of hydrogen-bond acceptors (Lipinski definition) is 4. The van der Waals surface area contributed by atoms with Crippen LogP contribution in [-0.2, 0) is 0 Å². The third-order valence-electron chi connectivity index (χ3n) is 0.627. The molecule has 5 heteroatoms. The van der Waals surface area contributed by atoms with Crippen molar-refractivity contribution in [1.82, 2.24) is 9.97 Å². The van der Waals surface area contributed by atoms with Crippen LogP contribution in [0.15, 0.2) is 37.6 Å². The van der Waals surface area contributed by atoms with E-state index in [4.69, 9.17) is 10.1 Å². The lowest BCUT2D eigenvalue weighted by Gasteiger charge is -1.70. The predicted octanol–water partition coefficient (Wildman–Crippen LogP) is 0.883. The van der Waals surface area contributed by atoms with Gasteiger partial charge in [0.2, 0.25) is 6.20 Å². The van der Waals surface area contributed by atoms with E-state index in [1.54, 1.807) is 24.8 Å². The quantitative estimate of drug-likeness (QED) is 0.443. The van der Waals surface area contributed by atoms with Crippen LogP contribution in [-0.4, -0.2) is 14.9 Å². The van der Waals surface area contributed by atoms with Crippen molar-refractivity contribution >= 4 is 0 Å². The molecule has 0 spiro atoms. The monoisotopic (exact) mass is 153 g/mol. The van der Waals surface area contributed by atoms with E-state index >= 15 is 0 Å². The highest BCUT2D eigenvalue weighted by Crippen LogP contribution is 1.65. The molecule has 0 saturated heterocycles. The van der Waals surface area contributed by atoms with E-state index in [0.717, 1.165) is 0 Å². The van der Waals surface area contributed by atoms with Gasteiger partial charge in [-0.3, -0.25) is 20.1 Å². The van der Waals surface area contributed by atoms with Gasteiger partial charge in [-0.1, -0.05) is 0 Å². The highest BCUT2D eigenvalue weighted by atomic mass is 16.6. The molecular weight excluding hydrogens is 146 g/mol. The molecule has 5 nitrogen and oxygen atoms in total. The Bertz CT molecular complexity index is 186. The summed E-state index contributed by atoms with van der Waals surface area (Å²) in [4.78, 5) is 15.9. The molecule has 1 aromatic heterocycles. The summed E-state index contributed by atoms with van der Waals surface area (Å²) in [5, 5.41) is 9.06. The average Bonchev–Trinajstić information content (AvgIpc) is 2.09. The number of nitro groups is 1. The Balaban J connectivity index is 0.000000187. The summed E-state index contributed by atoms with van der Waals surface area (Å²) >= 11 is 0. The third kappa shape index (κ3) is 8.22. The Hall–Kier alpha value is -1.78. The fourth-order valence-corrected chi connectivity index (χ4v) is 0.253. The highest BCUT2D eigenvalue weighted by Gasteiger charge is 1.69. The van der Waals surface area contributed by atoms with Crippen molar-refractivity contribution in [3.05, 3.63) is 47.7 Å². The highest BCUT2D eigenvalue weighted by molar-refractivity contribution is 4.70. The van der Waals surface area contributed by atoms with Gasteiger partial charge in [0.1, 0.15) is 0 Å². The maximum atomic E-state index is 9.06. The molecule has 1 rings (SSSR count). The molecule has 58 valence electrons. The Morgan fingerprint density at radius 2 is 1.55 bits per heavy atom. The van der Waals surface area contributed by atoms with Gasteiger partial charge < -0.3 is 0 Å². The Morgan fingerprint density at radius 1 is 1.27 bits per heavy atom. The van der Waals surface area contributed by atoms with Crippen LogP contribution in [0.5, 0.6) is 0 Å². The van der Waals surface area contributed by atoms with Crippen LogP contribution in [0.25, 0.3) is 0 Å². The second-order valence-corrected chi connectivity index (χ2v) is 1.36. The lowest BCUT2D eigenvalue weighted by atomic mass is 10.8. The smallest absolute Gasteiger partial charge is 0.227 e. The molecule has 0 fully saturated rings. The minimum atomic E-state index is -0.611. The zero-order valence-corrected chi connectivity index (χ0v) is 5.75. The van der Waals surface area contributed by atoms with Crippen LogP contribution in [0.2, 0.25) is 0 Å². The molecule has 0 aliphatic heterocycles. The van der Waals surface area contributed by atoms with Gasteiger partial charge in [-0.25, -0.2) is 0 Å². The van der Waals surface area contributed by atoms with Gasteiger partial charge in [0.25, 0.3) is 0 Å². The summed E-state index contributed by atoms with van der Waals surface area (Å²) in [5.74, 6) is 0. The first-order chi connectivity index (χ1) is 5.27. The minimum Gasteiger partial charge on any atom is -0.262 e. The van der Waals surface area contributed by atoms with Gasteiger partial charge in [-0.2, -0.15) is 0 Å². The van der Waals surface area contributed by atoms with Crippen LogP contribution >= 0.6 is 0 Å². The van der Waals surface area contributed by atoms with Crippen molar-refractivity contribution in [2.24, 2.45) is 0 Å². The van der Waals surface area contributed by atoms with Gasteiger partial charge in [0.05, 0.1) is 4.92 Å². The lowest BCUT2D eigenvalue weighted by molar-refractivity contribution is -0.401. The normalized spacial score (nSPS) is 7.27. The third-order valence-corrected chi connectivity index (χ3v) is 0.627. The van der Waals surface area contributed by atoms with E-state index < -0.39 is 4.92 Å². The summed E-state index contributed by atoms with van der Waals surface area (Å²) < 4.78 is 0. The second-order valence-electron chi connectivity index (χ2n) is 1.36. The van der Waals surface area contributed by atoms with Gasteiger partial charge in [-0.05, 0) is 6.58 Å². The van der Waals surface area contributed by atoms with Crippen LogP contribution in [0, 0.1) is 10.1 Å². The fraction of sp³-hybridized carbons (Fsp3) is 0. The SMILES string of the molecule is C=C[N+](=O)[O-].c1cnccn1. The summed E-state index contributed by atoms with van der Waals surface area (Å²) in [5.41, 5.74) is 0. The van der Waals surface area contributed by atoms with Crippen LogP contribution in [0.1, 0.15) is 0 Å². The van der Waals surface area contributed by atoms with Crippen molar-refractivity contribution < 1.29 is 4.92 Å². The zero-order chi connectivity index (χ0) is 8.53. The van der Waals surface area contributed by atoms with E-state index in [9.17, 15) is 0 Å². The molecular formula is C6H7N3O2. The standard InChI is InChI=1S/C4H4N2.C2H3NO2/c1-2-6-4-3-5-1;1-2-3(4)5/h1-4H;2H,1H2. The molecule has 1 heterocycles. The first kappa shape index (κ1) is 9.22.